The van der Waals surface area contributed by atoms with Crippen molar-refractivity contribution in [3.05, 3.63) is 23.7 Å². The van der Waals surface area contributed by atoms with E-state index in [4.69, 9.17) is 0 Å². The molecule has 0 radical (unpaired) electrons. The van der Waals surface area contributed by atoms with Crippen molar-refractivity contribution in [2.45, 2.75) is 13.8 Å². The topological polar surface area (TPSA) is 33.4 Å². The minimum Gasteiger partial charge on any atom is -0.375 e. The fourth-order valence-electron chi connectivity index (χ4n) is 1.55. The third-order valence-electron chi connectivity index (χ3n) is 2.27. The first kappa shape index (κ1) is 8.99. The van der Waals surface area contributed by atoms with Gasteiger partial charge in [0.25, 0.3) is 0 Å². The molecule has 4 nitrogen and oxygen atoms in total. The zero-order valence-corrected chi connectivity index (χ0v) is 8.94. The Balaban J connectivity index is 2.82. The molecule has 0 unspecified atom stereocenters. The molecule has 74 valence electrons. The number of pyridine rings is 1. The first-order valence-electron chi connectivity index (χ1n) is 4.59. The predicted octanol–water partition coefficient (Wildman–Crippen LogP) is 1.41. The molecule has 0 saturated carbocycles. The minimum atomic E-state index is 0.915. The molecule has 0 aliphatic heterocycles. The van der Waals surface area contributed by atoms with E-state index in [0.29, 0.717) is 0 Å². The molecule has 0 aliphatic rings. The summed E-state index contributed by atoms with van der Waals surface area (Å²) in [5.41, 5.74) is 3.23. The third kappa shape index (κ3) is 1.23. The van der Waals surface area contributed by atoms with E-state index in [2.05, 4.69) is 34.3 Å². The molecule has 2 heterocycles. The molecule has 4 heteroatoms. The van der Waals surface area contributed by atoms with Crippen LogP contribution in [0.15, 0.2) is 12.3 Å². The number of fused-ring (bicyclic) bond motifs is 1. The maximum absolute atomic E-state index is 4.15. The van der Waals surface area contributed by atoms with Gasteiger partial charge in [0.05, 0.1) is 5.69 Å². The van der Waals surface area contributed by atoms with Crippen molar-refractivity contribution >= 4 is 11.3 Å². The SMILES string of the molecule is Cc1cc(N(C)C)c2nnc(C)n2c1. The number of rotatable bonds is 1. The molecule has 0 atom stereocenters. The van der Waals surface area contributed by atoms with Crippen LogP contribution in [0, 0.1) is 13.8 Å². The second-order valence-corrected chi connectivity index (χ2v) is 3.74. The fourth-order valence-corrected chi connectivity index (χ4v) is 1.55. The summed E-state index contributed by atoms with van der Waals surface area (Å²) >= 11 is 0. The van der Waals surface area contributed by atoms with Gasteiger partial charge < -0.3 is 4.90 Å². The van der Waals surface area contributed by atoms with E-state index in [9.17, 15) is 0 Å². The summed E-state index contributed by atoms with van der Waals surface area (Å²) in [4.78, 5) is 2.05. The molecule has 0 spiro atoms. The average molecular weight is 190 g/mol. The Morgan fingerprint density at radius 2 is 1.93 bits per heavy atom. The lowest BCUT2D eigenvalue weighted by Gasteiger charge is -2.13. The Labute approximate surface area is 83.2 Å². The van der Waals surface area contributed by atoms with E-state index < -0.39 is 0 Å². The van der Waals surface area contributed by atoms with Crippen molar-refractivity contribution in [2.75, 3.05) is 19.0 Å². The lowest BCUT2D eigenvalue weighted by atomic mass is 10.2. The molecule has 0 N–H and O–H groups in total. The summed E-state index contributed by atoms with van der Waals surface area (Å²) in [6.45, 7) is 4.03. The van der Waals surface area contributed by atoms with Crippen LogP contribution < -0.4 is 4.90 Å². The molecular formula is C10H14N4. The van der Waals surface area contributed by atoms with Crippen molar-refractivity contribution < 1.29 is 0 Å². The van der Waals surface area contributed by atoms with Gasteiger partial charge in [0.15, 0.2) is 5.65 Å². The second-order valence-electron chi connectivity index (χ2n) is 3.74. The Kier molecular flexibility index (Phi) is 1.91. The Bertz CT molecular complexity index is 470. The monoisotopic (exact) mass is 190 g/mol. The van der Waals surface area contributed by atoms with Gasteiger partial charge in [-0.1, -0.05) is 0 Å². The predicted molar refractivity (Wildman–Crippen MR) is 56.8 cm³/mol. The molecule has 2 rings (SSSR count). The number of hydrogen-bond acceptors (Lipinski definition) is 3. The molecule has 0 aromatic carbocycles. The second kappa shape index (κ2) is 2.97. The summed E-state index contributed by atoms with van der Waals surface area (Å²) in [6.07, 6.45) is 2.05. The number of hydrogen-bond donors (Lipinski definition) is 0. The smallest absolute Gasteiger partial charge is 0.184 e. The van der Waals surface area contributed by atoms with Crippen LogP contribution in [0.25, 0.3) is 5.65 Å². The lowest BCUT2D eigenvalue weighted by Crippen LogP contribution is -2.10. The van der Waals surface area contributed by atoms with Crippen molar-refractivity contribution in [1.82, 2.24) is 14.6 Å². The van der Waals surface area contributed by atoms with E-state index in [1.54, 1.807) is 0 Å². The largest absolute Gasteiger partial charge is 0.375 e. The molecule has 0 saturated heterocycles. The molecule has 0 aliphatic carbocycles. The van der Waals surface area contributed by atoms with Crippen molar-refractivity contribution in [1.29, 1.82) is 0 Å². The molecule has 0 bridgehead atoms. The zero-order valence-electron chi connectivity index (χ0n) is 8.94. The summed E-state index contributed by atoms with van der Waals surface area (Å²) in [5.74, 6) is 0.923. The van der Waals surface area contributed by atoms with Crippen LogP contribution in [0.5, 0.6) is 0 Å². The first-order valence-corrected chi connectivity index (χ1v) is 4.59. The van der Waals surface area contributed by atoms with Crippen LogP contribution in [0.3, 0.4) is 0 Å². The fraction of sp³-hybridized carbons (Fsp3) is 0.400. The minimum absolute atomic E-state index is 0.915. The van der Waals surface area contributed by atoms with Crippen LogP contribution >= 0.6 is 0 Å². The third-order valence-corrected chi connectivity index (χ3v) is 2.27. The zero-order chi connectivity index (χ0) is 10.3. The number of aromatic nitrogens is 3. The van der Waals surface area contributed by atoms with E-state index in [0.717, 1.165) is 17.2 Å². The van der Waals surface area contributed by atoms with Crippen molar-refractivity contribution in [3.8, 4) is 0 Å². The summed E-state index contributed by atoms with van der Waals surface area (Å²) < 4.78 is 2.02. The summed E-state index contributed by atoms with van der Waals surface area (Å²) in [6, 6.07) is 2.11. The van der Waals surface area contributed by atoms with Crippen LogP contribution in [0.1, 0.15) is 11.4 Å². The van der Waals surface area contributed by atoms with E-state index in [1.165, 1.54) is 5.56 Å². The molecule has 2 aromatic heterocycles. The van der Waals surface area contributed by atoms with Crippen molar-refractivity contribution in [2.24, 2.45) is 0 Å². The highest BCUT2D eigenvalue weighted by atomic mass is 15.3. The van der Waals surface area contributed by atoms with Gasteiger partial charge in [0.1, 0.15) is 5.82 Å². The molecule has 0 amide bonds. The number of nitrogens with zero attached hydrogens (tertiary/aromatic N) is 4. The van der Waals surface area contributed by atoms with Gasteiger partial charge in [-0.2, -0.15) is 0 Å². The van der Waals surface area contributed by atoms with Crippen LogP contribution in [0.2, 0.25) is 0 Å². The van der Waals surface area contributed by atoms with Gasteiger partial charge in [0, 0.05) is 20.3 Å². The van der Waals surface area contributed by atoms with Crippen molar-refractivity contribution in [3.63, 3.8) is 0 Å². The number of aryl methyl sites for hydroxylation is 2. The number of anilines is 1. The lowest BCUT2D eigenvalue weighted by molar-refractivity contribution is 1.00. The quantitative estimate of drug-likeness (QED) is 0.681. The maximum atomic E-state index is 4.15. The van der Waals surface area contributed by atoms with E-state index >= 15 is 0 Å². The highest BCUT2D eigenvalue weighted by molar-refractivity contribution is 5.68. The Morgan fingerprint density at radius 1 is 1.21 bits per heavy atom. The Hall–Kier alpha value is -1.58. The van der Waals surface area contributed by atoms with Gasteiger partial charge in [-0.3, -0.25) is 4.40 Å². The van der Waals surface area contributed by atoms with E-state index in [1.807, 2.05) is 25.4 Å². The molecule has 2 aromatic rings. The molecule has 14 heavy (non-hydrogen) atoms. The van der Waals surface area contributed by atoms with Gasteiger partial charge in [-0.15, -0.1) is 10.2 Å². The normalized spacial score (nSPS) is 10.9. The van der Waals surface area contributed by atoms with E-state index in [-0.39, 0.29) is 0 Å². The standard InChI is InChI=1S/C10H14N4/c1-7-5-9(13(3)4)10-12-11-8(2)14(10)6-7/h5-6H,1-4H3. The summed E-state index contributed by atoms with van der Waals surface area (Å²) in [5, 5.41) is 8.22. The van der Waals surface area contributed by atoms with Gasteiger partial charge >= 0.3 is 0 Å². The molecular weight excluding hydrogens is 176 g/mol. The Morgan fingerprint density at radius 3 is 2.57 bits per heavy atom. The first-order chi connectivity index (χ1) is 6.59. The maximum Gasteiger partial charge on any atom is 0.184 e. The van der Waals surface area contributed by atoms with Crippen LogP contribution in [-0.2, 0) is 0 Å². The van der Waals surface area contributed by atoms with Crippen LogP contribution in [-0.4, -0.2) is 28.7 Å². The highest BCUT2D eigenvalue weighted by Crippen LogP contribution is 2.20. The molecule has 0 fully saturated rings. The van der Waals surface area contributed by atoms with Gasteiger partial charge in [0.2, 0.25) is 0 Å². The van der Waals surface area contributed by atoms with Gasteiger partial charge in [-0.05, 0) is 25.5 Å². The average Bonchev–Trinajstić information content (AvgIpc) is 2.47. The van der Waals surface area contributed by atoms with Gasteiger partial charge in [-0.25, -0.2) is 0 Å². The summed E-state index contributed by atoms with van der Waals surface area (Å²) in [7, 11) is 4.03. The highest BCUT2D eigenvalue weighted by Gasteiger charge is 2.08. The van der Waals surface area contributed by atoms with Crippen LogP contribution in [0.4, 0.5) is 5.69 Å².